The quantitative estimate of drug-likeness (QED) is 0.743. The fourth-order valence-corrected chi connectivity index (χ4v) is 5.49. The van der Waals surface area contributed by atoms with Crippen molar-refractivity contribution in [3.05, 3.63) is 53.1 Å². The van der Waals surface area contributed by atoms with E-state index in [2.05, 4.69) is 5.32 Å². The first-order valence-electron chi connectivity index (χ1n) is 9.59. The first kappa shape index (κ1) is 21.6. The normalized spacial score (nSPS) is 17.7. The number of carbonyl (C=O) groups excluding carboxylic acids is 1. The van der Waals surface area contributed by atoms with E-state index in [9.17, 15) is 13.2 Å². The molecule has 0 unspecified atom stereocenters. The number of anilines is 1. The van der Waals surface area contributed by atoms with Crippen molar-refractivity contribution in [3.63, 3.8) is 0 Å². The summed E-state index contributed by atoms with van der Waals surface area (Å²) in [6.07, 6.45) is 2.05. The minimum absolute atomic E-state index is 0.0184. The van der Waals surface area contributed by atoms with Gasteiger partial charge in [-0.2, -0.15) is 4.31 Å². The molecule has 8 heteroatoms. The summed E-state index contributed by atoms with van der Waals surface area (Å²) in [7, 11) is -2.42. The van der Waals surface area contributed by atoms with E-state index in [-0.39, 0.29) is 23.1 Å². The molecular weight excluding hydrogens is 412 g/mol. The van der Waals surface area contributed by atoms with Gasteiger partial charge >= 0.3 is 0 Å². The number of methoxy groups -OCH3 is 1. The van der Waals surface area contributed by atoms with Gasteiger partial charge < -0.3 is 10.1 Å². The van der Waals surface area contributed by atoms with Gasteiger partial charge in [0.15, 0.2) is 0 Å². The van der Waals surface area contributed by atoms with E-state index in [1.165, 1.54) is 23.5 Å². The second-order valence-electron chi connectivity index (χ2n) is 7.00. The van der Waals surface area contributed by atoms with E-state index in [0.29, 0.717) is 24.4 Å². The van der Waals surface area contributed by atoms with Crippen LogP contribution < -0.4 is 10.1 Å². The summed E-state index contributed by atoms with van der Waals surface area (Å²) in [5, 5.41) is 3.28. The molecule has 0 bridgehead atoms. The van der Waals surface area contributed by atoms with Gasteiger partial charge in [-0.25, -0.2) is 8.42 Å². The number of ether oxygens (including phenoxy) is 1. The standard InChI is InChI=1S/C21H25ClN2O4S/c1-3-15-7-4-5-9-18(15)23-21(25)16-8-6-12-24(14-16)29(26,27)20-13-17(22)10-11-19(20)28-2/h4-5,7,9-11,13,16H,3,6,8,12,14H2,1-2H3,(H,23,25)/t16-/m0/s1. The molecule has 156 valence electrons. The molecule has 0 radical (unpaired) electrons. The molecule has 1 saturated heterocycles. The highest BCUT2D eigenvalue weighted by Gasteiger charge is 2.35. The molecule has 1 aliphatic rings. The molecule has 1 aliphatic heterocycles. The topological polar surface area (TPSA) is 75.7 Å². The highest BCUT2D eigenvalue weighted by molar-refractivity contribution is 7.89. The van der Waals surface area contributed by atoms with E-state index >= 15 is 0 Å². The number of rotatable bonds is 6. The van der Waals surface area contributed by atoms with Crippen LogP contribution in [0.2, 0.25) is 5.02 Å². The van der Waals surface area contributed by atoms with Crippen LogP contribution in [0.15, 0.2) is 47.4 Å². The van der Waals surface area contributed by atoms with Crippen molar-refractivity contribution in [3.8, 4) is 5.75 Å². The molecule has 2 aromatic carbocycles. The summed E-state index contributed by atoms with van der Waals surface area (Å²) in [4.78, 5) is 12.9. The Morgan fingerprint density at radius 3 is 2.76 bits per heavy atom. The second kappa shape index (κ2) is 9.15. The van der Waals surface area contributed by atoms with Crippen LogP contribution in [0.5, 0.6) is 5.75 Å². The molecule has 0 aromatic heterocycles. The van der Waals surface area contributed by atoms with Gasteiger partial charge in [-0.3, -0.25) is 4.79 Å². The number of hydrogen-bond acceptors (Lipinski definition) is 4. The SMILES string of the molecule is CCc1ccccc1NC(=O)[C@H]1CCCN(S(=O)(=O)c2cc(Cl)ccc2OC)C1. The molecule has 3 rings (SSSR count). The maximum Gasteiger partial charge on any atom is 0.246 e. The van der Waals surface area contributed by atoms with E-state index in [0.717, 1.165) is 17.7 Å². The summed E-state index contributed by atoms with van der Waals surface area (Å²) in [6.45, 7) is 2.50. The molecular formula is C21H25ClN2O4S. The number of piperidine rings is 1. The fraction of sp³-hybridized carbons (Fsp3) is 0.381. The highest BCUT2D eigenvalue weighted by atomic mass is 35.5. The summed E-state index contributed by atoms with van der Waals surface area (Å²) >= 11 is 6.01. The molecule has 1 atom stereocenters. The largest absolute Gasteiger partial charge is 0.495 e. The van der Waals surface area contributed by atoms with E-state index in [1.807, 2.05) is 31.2 Å². The van der Waals surface area contributed by atoms with Crippen molar-refractivity contribution >= 4 is 33.2 Å². The predicted molar refractivity (Wildman–Crippen MR) is 114 cm³/mol. The molecule has 6 nitrogen and oxygen atoms in total. The number of hydrogen-bond donors (Lipinski definition) is 1. The lowest BCUT2D eigenvalue weighted by molar-refractivity contribution is -0.120. The number of nitrogens with one attached hydrogen (secondary N) is 1. The summed E-state index contributed by atoms with van der Waals surface area (Å²) < 4.78 is 33.0. The number of aryl methyl sites for hydroxylation is 1. The number of para-hydroxylation sites is 1. The van der Waals surface area contributed by atoms with E-state index < -0.39 is 15.9 Å². The Morgan fingerprint density at radius 2 is 2.03 bits per heavy atom. The highest BCUT2D eigenvalue weighted by Crippen LogP contribution is 2.32. The van der Waals surface area contributed by atoms with E-state index in [4.69, 9.17) is 16.3 Å². The van der Waals surface area contributed by atoms with Gasteiger partial charge in [0.1, 0.15) is 10.6 Å². The number of benzene rings is 2. The lowest BCUT2D eigenvalue weighted by Gasteiger charge is -2.31. The zero-order valence-electron chi connectivity index (χ0n) is 16.5. The van der Waals surface area contributed by atoms with Crippen LogP contribution in [0.4, 0.5) is 5.69 Å². The van der Waals surface area contributed by atoms with Gasteiger partial charge in [-0.15, -0.1) is 0 Å². The first-order valence-corrected chi connectivity index (χ1v) is 11.4. The van der Waals surface area contributed by atoms with Crippen LogP contribution in [0, 0.1) is 5.92 Å². The number of nitrogens with zero attached hydrogens (tertiary/aromatic N) is 1. The zero-order chi connectivity index (χ0) is 21.0. The van der Waals surface area contributed by atoms with Crippen molar-refractivity contribution in [1.29, 1.82) is 0 Å². The van der Waals surface area contributed by atoms with Gasteiger partial charge in [0.05, 0.1) is 13.0 Å². The smallest absolute Gasteiger partial charge is 0.246 e. The Labute approximate surface area is 176 Å². The maximum absolute atomic E-state index is 13.2. The summed E-state index contributed by atoms with van der Waals surface area (Å²) in [5.41, 5.74) is 1.82. The van der Waals surface area contributed by atoms with Gasteiger partial charge in [0.2, 0.25) is 15.9 Å². The van der Waals surface area contributed by atoms with Gasteiger partial charge in [0, 0.05) is 23.8 Å². The van der Waals surface area contributed by atoms with Crippen LogP contribution in [0.25, 0.3) is 0 Å². The third-order valence-corrected chi connectivity index (χ3v) is 7.28. The van der Waals surface area contributed by atoms with Crippen LogP contribution >= 0.6 is 11.6 Å². The van der Waals surface area contributed by atoms with Gasteiger partial charge in [-0.1, -0.05) is 36.7 Å². The van der Waals surface area contributed by atoms with Crippen LogP contribution in [0.1, 0.15) is 25.3 Å². The lowest BCUT2D eigenvalue weighted by Crippen LogP contribution is -2.43. The van der Waals surface area contributed by atoms with Crippen LogP contribution in [0.3, 0.4) is 0 Å². The van der Waals surface area contributed by atoms with Gasteiger partial charge in [-0.05, 0) is 49.1 Å². The Bertz CT molecular complexity index is 994. The Kier molecular flexibility index (Phi) is 6.82. The molecule has 0 aliphatic carbocycles. The minimum atomic E-state index is -3.84. The molecule has 1 heterocycles. The molecule has 1 fully saturated rings. The second-order valence-corrected chi connectivity index (χ2v) is 9.34. The fourth-order valence-electron chi connectivity index (χ4n) is 3.55. The Morgan fingerprint density at radius 1 is 1.28 bits per heavy atom. The lowest BCUT2D eigenvalue weighted by atomic mass is 9.98. The summed E-state index contributed by atoms with van der Waals surface area (Å²) in [6, 6.07) is 12.1. The predicted octanol–water partition coefficient (Wildman–Crippen LogP) is 3.95. The molecule has 29 heavy (non-hydrogen) atoms. The van der Waals surface area contributed by atoms with Gasteiger partial charge in [0.25, 0.3) is 0 Å². The third-order valence-electron chi connectivity index (χ3n) is 5.15. The zero-order valence-corrected chi connectivity index (χ0v) is 18.1. The molecule has 0 spiro atoms. The molecule has 1 N–H and O–H groups in total. The number of sulfonamides is 1. The van der Waals surface area contributed by atoms with Crippen molar-refractivity contribution in [2.75, 3.05) is 25.5 Å². The molecule has 2 aromatic rings. The van der Waals surface area contributed by atoms with Crippen molar-refractivity contribution in [1.82, 2.24) is 4.31 Å². The van der Waals surface area contributed by atoms with Crippen LogP contribution in [-0.2, 0) is 21.2 Å². The van der Waals surface area contributed by atoms with Crippen LogP contribution in [-0.4, -0.2) is 38.8 Å². The minimum Gasteiger partial charge on any atom is -0.495 e. The average molecular weight is 437 g/mol. The Balaban J connectivity index is 1.80. The summed E-state index contributed by atoms with van der Waals surface area (Å²) in [5.74, 6) is -0.352. The molecule has 0 saturated carbocycles. The van der Waals surface area contributed by atoms with Crippen molar-refractivity contribution in [2.24, 2.45) is 5.92 Å². The number of carbonyl (C=O) groups is 1. The van der Waals surface area contributed by atoms with Crippen molar-refractivity contribution in [2.45, 2.75) is 31.1 Å². The maximum atomic E-state index is 13.2. The van der Waals surface area contributed by atoms with E-state index in [1.54, 1.807) is 6.07 Å². The van der Waals surface area contributed by atoms with Crippen molar-refractivity contribution < 1.29 is 17.9 Å². The average Bonchev–Trinajstić information content (AvgIpc) is 2.74. The monoisotopic (exact) mass is 436 g/mol. The first-order chi connectivity index (χ1) is 13.9. The third kappa shape index (κ3) is 4.74. The number of amides is 1. The Hall–Kier alpha value is -2.09. The molecule has 1 amide bonds. The number of halogens is 1.